The van der Waals surface area contributed by atoms with E-state index in [1.807, 2.05) is 0 Å². The first-order valence-corrected chi connectivity index (χ1v) is 10.8. The third-order valence-electron chi connectivity index (χ3n) is 4.46. The number of halogens is 6. The molecule has 2 aromatic carbocycles. The van der Waals surface area contributed by atoms with E-state index in [0.717, 1.165) is 22.5 Å². The lowest BCUT2D eigenvalue weighted by Crippen LogP contribution is -2.40. The molecule has 0 spiro atoms. The molecule has 1 aliphatic rings. The molecule has 174 valence electrons. The van der Waals surface area contributed by atoms with Crippen LogP contribution in [0.2, 0.25) is 5.02 Å². The highest BCUT2D eigenvalue weighted by atomic mass is 35.5. The minimum absolute atomic E-state index is 0.0224. The third kappa shape index (κ3) is 5.37. The molecule has 1 fully saturated rings. The van der Waals surface area contributed by atoms with Gasteiger partial charge in [-0.2, -0.15) is 17.5 Å². The number of hydrogen-bond donors (Lipinski definition) is 0. The van der Waals surface area contributed by atoms with Crippen molar-refractivity contribution < 1.29 is 44.6 Å². The lowest BCUT2D eigenvalue weighted by molar-refractivity contribution is -0.207. The predicted molar refractivity (Wildman–Crippen MR) is 102 cm³/mol. The van der Waals surface area contributed by atoms with E-state index in [4.69, 9.17) is 16.3 Å². The quantitative estimate of drug-likeness (QED) is 0.457. The maximum absolute atomic E-state index is 13.5. The summed E-state index contributed by atoms with van der Waals surface area (Å²) in [5, 5.41) is -0.257. The van der Waals surface area contributed by atoms with Crippen molar-refractivity contribution in [2.45, 2.75) is 17.2 Å². The predicted octanol–water partition coefficient (Wildman–Crippen LogP) is 4.10. The lowest BCUT2D eigenvalue weighted by atomic mass is 10.1. The van der Waals surface area contributed by atoms with Gasteiger partial charge < -0.3 is 9.47 Å². The van der Waals surface area contributed by atoms with E-state index < -0.39 is 55.9 Å². The Morgan fingerprint density at radius 3 is 2.22 bits per heavy atom. The molecule has 0 radical (unpaired) electrons. The molecule has 6 nitrogen and oxygen atoms in total. The van der Waals surface area contributed by atoms with E-state index in [2.05, 4.69) is 4.74 Å². The number of morpholine rings is 1. The van der Waals surface area contributed by atoms with Crippen molar-refractivity contribution in [3.05, 3.63) is 64.2 Å². The Labute approximate surface area is 184 Å². The molecule has 13 heteroatoms. The second-order valence-electron chi connectivity index (χ2n) is 6.69. The summed E-state index contributed by atoms with van der Waals surface area (Å²) in [6.07, 6.45) is -8.19. The van der Waals surface area contributed by atoms with Crippen LogP contribution in [0.4, 0.5) is 22.0 Å². The van der Waals surface area contributed by atoms with Crippen LogP contribution in [0.5, 0.6) is 0 Å². The van der Waals surface area contributed by atoms with Gasteiger partial charge in [-0.1, -0.05) is 11.6 Å². The first kappa shape index (κ1) is 24.4. The van der Waals surface area contributed by atoms with E-state index in [-0.39, 0.29) is 31.3 Å². The smallest absolute Gasteiger partial charge is 0.429 e. The fraction of sp³-hybridized carbons (Fsp3) is 0.316. The Morgan fingerprint density at radius 2 is 1.66 bits per heavy atom. The van der Waals surface area contributed by atoms with Gasteiger partial charge >= 0.3 is 12.1 Å². The van der Waals surface area contributed by atoms with E-state index in [1.165, 1.54) is 0 Å². The number of alkyl halides is 3. The molecule has 0 amide bonds. The number of nitrogens with zero attached hydrogens (tertiary/aromatic N) is 1. The molecule has 2 aromatic rings. The zero-order valence-corrected chi connectivity index (χ0v) is 17.6. The van der Waals surface area contributed by atoms with Gasteiger partial charge in [-0.15, -0.1) is 0 Å². The average molecular weight is 500 g/mol. The molecule has 0 aliphatic carbocycles. The van der Waals surface area contributed by atoms with Gasteiger partial charge in [0.25, 0.3) is 0 Å². The fourth-order valence-corrected chi connectivity index (χ4v) is 4.89. The molecule has 1 aliphatic heterocycles. The van der Waals surface area contributed by atoms with E-state index in [9.17, 15) is 35.2 Å². The van der Waals surface area contributed by atoms with Gasteiger partial charge in [-0.3, -0.25) is 0 Å². The van der Waals surface area contributed by atoms with Crippen LogP contribution in [0, 0.1) is 11.6 Å². The zero-order chi connectivity index (χ0) is 23.7. The third-order valence-corrected chi connectivity index (χ3v) is 6.84. The monoisotopic (exact) mass is 499 g/mol. The Bertz CT molecular complexity index is 1100. The number of carbonyl (C=O) groups is 1. The summed E-state index contributed by atoms with van der Waals surface area (Å²) in [6, 6.07) is 3.91. The summed E-state index contributed by atoms with van der Waals surface area (Å²) in [5.74, 6) is -4.15. The highest BCUT2D eigenvalue weighted by molar-refractivity contribution is 7.89. The minimum atomic E-state index is -5.20. The van der Waals surface area contributed by atoms with Gasteiger partial charge in [0.1, 0.15) is 16.5 Å². The Morgan fingerprint density at radius 1 is 1.06 bits per heavy atom. The molecule has 0 aromatic heterocycles. The summed E-state index contributed by atoms with van der Waals surface area (Å²) in [4.78, 5) is 11.9. The van der Waals surface area contributed by atoms with Crippen molar-refractivity contribution in [2.24, 2.45) is 0 Å². The van der Waals surface area contributed by atoms with Crippen molar-refractivity contribution in [2.75, 3.05) is 26.3 Å². The van der Waals surface area contributed by atoms with Crippen molar-refractivity contribution in [1.82, 2.24) is 4.31 Å². The van der Waals surface area contributed by atoms with Crippen molar-refractivity contribution in [1.29, 1.82) is 0 Å². The molecule has 1 heterocycles. The van der Waals surface area contributed by atoms with E-state index in [1.54, 1.807) is 0 Å². The van der Waals surface area contributed by atoms with E-state index in [0.29, 0.717) is 18.2 Å². The molecule has 3 rings (SSSR count). The fourth-order valence-electron chi connectivity index (χ4n) is 2.98. The second-order valence-corrected chi connectivity index (χ2v) is 9.00. The number of hydrogen-bond acceptors (Lipinski definition) is 5. The van der Waals surface area contributed by atoms with Crippen LogP contribution in [0.1, 0.15) is 22.0 Å². The molecule has 1 atom stereocenters. The summed E-state index contributed by atoms with van der Waals surface area (Å²) in [7, 11) is -4.18. The minimum Gasteiger partial charge on any atom is -0.444 e. The number of rotatable bonds is 5. The molecular weight excluding hydrogens is 485 g/mol. The van der Waals surface area contributed by atoms with Crippen molar-refractivity contribution in [3.8, 4) is 0 Å². The number of benzene rings is 2. The molecule has 0 bridgehead atoms. The maximum atomic E-state index is 13.5. The number of sulfonamides is 1. The second kappa shape index (κ2) is 9.30. The van der Waals surface area contributed by atoms with Gasteiger partial charge in [-0.05, 0) is 30.3 Å². The molecular formula is C19H15ClF5NO5S. The van der Waals surface area contributed by atoms with Gasteiger partial charge in [0, 0.05) is 24.7 Å². The molecule has 0 N–H and O–H groups in total. The van der Waals surface area contributed by atoms with Gasteiger partial charge in [0.05, 0.1) is 23.8 Å². The van der Waals surface area contributed by atoms with Crippen LogP contribution < -0.4 is 0 Å². The summed E-state index contributed by atoms with van der Waals surface area (Å²) >= 11 is 5.96. The lowest BCUT2D eigenvalue weighted by Gasteiger charge is -2.26. The van der Waals surface area contributed by atoms with Gasteiger partial charge in [0.2, 0.25) is 16.1 Å². The summed E-state index contributed by atoms with van der Waals surface area (Å²) < 4.78 is 103. The average Bonchev–Trinajstić information content (AvgIpc) is 2.71. The summed E-state index contributed by atoms with van der Waals surface area (Å²) in [6.45, 7) is 0.315. The number of ether oxygens (including phenoxy) is 2. The van der Waals surface area contributed by atoms with E-state index >= 15 is 0 Å². The number of esters is 1. The van der Waals surface area contributed by atoms with Crippen LogP contribution >= 0.6 is 11.6 Å². The Balaban J connectivity index is 1.93. The highest BCUT2D eigenvalue weighted by Crippen LogP contribution is 2.37. The molecule has 1 saturated heterocycles. The SMILES string of the molecule is O=C(O[C@H](c1cc(F)cc(F)c1)C(F)(F)F)c1ccc(Cl)c(S(=O)(=O)N2CCOCC2)c1. The molecule has 0 unspecified atom stereocenters. The molecule has 0 saturated carbocycles. The first-order valence-electron chi connectivity index (χ1n) is 9.01. The zero-order valence-electron chi connectivity index (χ0n) is 16.0. The highest BCUT2D eigenvalue weighted by Gasteiger charge is 2.45. The number of carbonyl (C=O) groups excluding carboxylic acids is 1. The van der Waals surface area contributed by atoms with Crippen LogP contribution in [0.15, 0.2) is 41.3 Å². The van der Waals surface area contributed by atoms with Crippen molar-refractivity contribution in [3.63, 3.8) is 0 Å². The van der Waals surface area contributed by atoms with Gasteiger partial charge in [0.15, 0.2) is 0 Å². The molecule has 32 heavy (non-hydrogen) atoms. The Kier molecular flexibility index (Phi) is 7.08. The van der Waals surface area contributed by atoms with Crippen LogP contribution in [0.3, 0.4) is 0 Å². The normalized spacial score (nSPS) is 16.6. The largest absolute Gasteiger partial charge is 0.444 e. The van der Waals surface area contributed by atoms with Gasteiger partial charge in [-0.25, -0.2) is 22.0 Å². The van der Waals surface area contributed by atoms with Crippen molar-refractivity contribution >= 4 is 27.6 Å². The van der Waals surface area contributed by atoms with Crippen LogP contribution in [0.25, 0.3) is 0 Å². The Hall–Kier alpha value is -2.28. The maximum Gasteiger partial charge on any atom is 0.429 e. The van der Waals surface area contributed by atoms with Crippen LogP contribution in [-0.4, -0.2) is 51.2 Å². The standard InChI is InChI=1S/C19H15ClF5NO5S/c20-15-2-1-11(9-16(15)32(28,29)26-3-5-30-6-4-26)18(27)31-17(19(23,24)25)12-7-13(21)10-14(22)8-12/h1-2,7-10,17H,3-6H2/t17-/m1/s1. The topological polar surface area (TPSA) is 72.9 Å². The summed E-state index contributed by atoms with van der Waals surface area (Å²) in [5.41, 5.74) is -1.52. The van der Waals surface area contributed by atoms with Crippen LogP contribution in [-0.2, 0) is 19.5 Å². The first-order chi connectivity index (χ1) is 14.9.